The molecule has 1 saturated heterocycles. The molecule has 1 aliphatic heterocycles. The number of benzene rings is 1. The van der Waals surface area contributed by atoms with Crippen LogP contribution < -0.4 is 5.73 Å². The zero-order chi connectivity index (χ0) is 15.0. The van der Waals surface area contributed by atoms with Crippen LogP contribution in [0.15, 0.2) is 24.3 Å². The summed E-state index contributed by atoms with van der Waals surface area (Å²) in [5.41, 5.74) is 6.67. The third-order valence-electron chi connectivity index (χ3n) is 4.07. The molecule has 5 nitrogen and oxygen atoms in total. The Bertz CT molecular complexity index is 609. The maximum absolute atomic E-state index is 11.7. The number of aliphatic carboxylic acids is 1. The van der Waals surface area contributed by atoms with Crippen LogP contribution in [0.1, 0.15) is 17.5 Å². The molecule has 0 spiro atoms. The van der Waals surface area contributed by atoms with Gasteiger partial charge in [-0.2, -0.15) is 0 Å². The molecule has 2 atom stereocenters. The lowest BCUT2D eigenvalue weighted by molar-refractivity contribution is -0.150. The minimum Gasteiger partial charge on any atom is -0.481 e. The SMILES string of the molecule is Cc1ccc(CC2(C(=O)O)CCS(=O)(=O)CC2N)cc1. The molecule has 1 fully saturated rings. The van der Waals surface area contributed by atoms with Gasteiger partial charge in [0.05, 0.1) is 16.9 Å². The molecule has 2 rings (SSSR count). The van der Waals surface area contributed by atoms with Gasteiger partial charge in [-0.1, -0.05) is 29.8 Å². The first-order valence-corrected chi connectivity index (χ1v) is 8.32. The van der Waals surface area contributed by atoms with Crippen molar-refractivity contribution >= 4 is 15.8 Å². The molecule has 1 aliphatic rings. The van der Waals surface area contributed by atoms with Crippen LogP contribution in [0.2, 0.25) is 0 Å². The van der Waals surface area contributed by atoms with Crippen LogP contribution in [0.25, 0.3) is 0 Å². The Kier molecular flexibility index (Phi) is 3.88. The second-order valence-corrected chi connectivity index (χ2v) is 7.82. The number of aryl methyl sites for hydroxylation is 1. The van der Waals surface area contributed by atoms with E-state index in [0.717, 1.165) is 11.1 Å². The largest absolute Gasteiger partial charge is 0.481 e. The van der Waals surface area contributed by atoms with Gasteiger partial charge in [-0.05, 0) is 25.3 Å². The van der Waals surface area contributed by atoms with Gasteiger partial charge in [0.1, 0.15) is 0 Å². The highest BCUT2D eigenvalue weighted by Gasteiger charge is 2.49. The summed E-state index contributed by atoms with van der Waals surface area (Å²) >= 11 is 0. The highest BCUT2D eigenvalue weighted by Crippen LogP contribution is 2.36. The van der Waals surface area contributed by atoms with E-state index in [0.29, 0.717) is 0 Å². The summed E-state index contributed by atoms with van der Waals surface area (Å²) in [6.45, 7) is 1.95. The lowest BCUT2D eigenvalue weighted by atomic mass is 9.73. The topological polar surface area (TPSA) is 97.5 Å². The standard InChI is InChI=1S/C14H19NO4S/c1-10-2-4-11(5-3-10)8-14(13(16)17)6-7-20(18,19)9-12(14)15/h2-5,12H,6-9,15H2,1H3,(H,16,17). The van der Waals surface area contributed by atoms with Crippen molar-refractivity contribution in [2.45, 2.75) is 25.8 Å². The molecule has 20 heavy (non-hydrogen) atoms. The van der Waals surface area contributed by atoms with Crippen LogP contribution in [-0.2, 0) is 21.1 Å². The summed E-state index contributed by atoms with van der Waals surface area (Å²) in [6, 6.07) is 6.69. The maximum atomic E-state index is 11.7. The highest BCUT2D eigenvalue weighted by atomic mass is 32.2. The number of carboxylic acid groups (broad SMARTS) is 1. The fourth-order valence-corrected chi connectivity index (χ4v) is 4.38. The minimum absolute atomic E-state index is 0.0692. The van der Waals surface area contributed by atoms with Crippen molar-refractivity contribution in [3.05, 3.63) is 35.4 Å². The monoisotopic (exact) mass is 297 g/mol. The lowest BCUT2D eigenvalue weighted by Crippen LogP contribution is -2.56. The van der Waals surface area contributed by atoms with Crippen molar-refractivity contribution in [3.8, 4) is 0 Å². The smallest absolute Gasteiger partial charge is 0.311 e. The summed E-state index contributed by atoms with van der Waals surface area (Å²) in [6.07, 6.45) is 0.332. The van der Waals surface area contributed by atoms with Crippen molar-refractivity contribution < 1.29 is 18.3 Å². The number of hydrogen-bond acceptors (Lipinski definition) is 4. The number of hydrogen-bond donors (Lipinski definition) is 2. The van der Waals surface area contributed by atoms with Crippen LogP contribution in [-0.4, -0.2) is 37.0 Å². The zero-order valence-electron chi connectivity index (χ0n) is 11.4. The van der Waals surface area contributed by atoms with Gasteiger partial charge in [0.25, 0.3) is 0 Å². The van der Waals surface area contributed by atoms with Crippen LogP contribution in [0.3, 0.4) is 0 Å². The van der Waals surface area contributed by atoms with Gasteiger partial charge in [0.15, 0.2) is 9.84 Å². The molecular formula is C14H19NO4S. The third-order valence-corrected chi connectivity index (χ3v) is 5.76. The predicted molar refractivity (Wildman–Crippen MR) is 76.2 cm³/mol. The molecular weight excluding hydrogens is 278 g/mol. The number of nitrogens with two attached hydrogens (primary N) is 1. The second-order valence-electron chi connectivity index (χ2n) is 5.59. The van der Waals surface area contributed by atoms with Crippen molar-refractivity contribution in [2.75, 3.05) is 11.5 Å². The Hall–Kier alpha value is -1.40. The molecule has 0 aliphatic carbocycles. The molecule has 0 aromatic heterocycles. The van der Waals surface area contributed by atoms with Gasteiger partial charge in [0, 0.05) is 6.04 Å². The van der Waals surface area contributed by atoms with E-state index >= 15 is 0 Å². The summed E-state index contributed by atoms with van der Waals surface area (Å²) < 4.78 is 23.2. The molecule has 0 amide bonds. The summed E-state index contributed by atoms with van der Waals surface area (Å²) in [5.74, 6) is -1.38. The van der Waals surface area contributed by atoms with Crippen LogP contribution in [0, 0.1) is 12.3 Å². The van der Waals surface area contributed by atoms with E-state index < -0.39 is 27.3 Å². The van der Waals surface area contributed by atoms with Gasteiger partial charge in [-0.25, -0.2) is 8.42 Å². The average molecular weight is 297 g/mol. The van der Waals surface area contributed by atoms with E-state index in [1.807, 2.05) is 31.2 Å². The highest BCUT2D eigenvalue weighted by molar-refractivity contribution is 7.91. The normalized spacial score (nSPS) is 29.0. The first-order chi connectivity index (χ1) is 9.25. The Morgan fingerprint density at radius 1 is 1.40 bits per heavy atom. The molecule has 2 unspecified atom stereocenters. The van der Waals surface area contributed by atoms with E-state index in [2.05, 4.69) is 0 Å². The Balaban J connectivity index is 2.31. The van der Waals surface area contributed by atoms with Gasteiger partial charge in [-0.15, -0.1) is 0 Å². The molecule has 3 N–H and O–H groups in total. The Morgan fingerprint density at radius 2 is 2.00 bits per heavy atom. The first kappa shape index (κ1) is 15.0. The van der Waals surface area contributed by atoms with Gasteiger partial charge < -0.3 is 10.8 Å². The molecule has 6 heteroatoms. The number of carboxylic acids is 1. The minimum atomic E-state index is -3.22. The van der Waals surface area contributed by atoms with Crippen LogP contribution >= 0.6 is 0 Å². The molecule has 1 aromatic carbocycles. The third kappa shape index (κ3) is 2.86. The van der Waals surface area contributed by atoms with E-state index in [9.17, 15) is 18.3 Å². The Morgan fingerprint density at radius 3 is 2.50 bits per heavy atom. The maximum Gasteiger partial charge on any atom is 0.311 e. The van der Waals surface area contributed by atoms with Gasteiger partial charge in [-0.3, -0.25) is 4.79 Å². The first-order valence-electron chi connectivity index (χ1n) is 6.50. The van der Waals surface area contributed by atoms with Crippen LogP contribution in [0.4, 0.5) is 0 Å². The number of carbonyl (C=O) groups is 1. The van der Waals surface area contributed by atoms with Gasteiger partial charge in [0.2, 0.25) is 0 Å². The fraction of sp³-hybridized carbons (Fsp3) is 0.500. The molecule has 1 aromatic rings. The van der Waals surface area contributed by atoms with E-state index in [4.69, 9.17) is 5.73 Å². The predicted octanol–water partition coefficient (Wildman–Crippen LogP) is 0.754. The molecule has 0 saturated carbocycles. The van der Waals surface area contributed by atoms with Crippen molar-refractivity contribution in [1.29, 1.82) is 0 Å². The molecule has 0 bridgehead atoms. The average Bonchev–Trinajstić information content (AvgIpc) is 2.34. The quantitative estimate of drug-likeness (QED) is 0.858. The summed E-state index contributed by atoms with van der Waals surface area (Å²) in [5, 5.41) is 9.57. The number of sulfone groups is 1. The summed E-state index contributed by atoms with van der Waals surface area (Å²) in [7, 11) is -3.22. The van der Waals surface area contributed by atoms with Crippen LogP contribution in [0.5, 0.6) is 0 Å². The summed E-state index contributed by atoms with van der Waals surface area (Å²) in [4.78, 5) is 11.7. The zero-order valence-corrected chi connectivity index (χ0v) is 12.2. The lowest BCUT2D eigenvalue weighted by Gasteiger charge is -2.38. The van der Waals surface area contributed by atoms with E-state index in [-0.39, 0.29) is 24.3 Å². The van der Waals surface area contributed by atoms with Crippen molar-refractivity contribution in [3.63, 3.8) is 0 Å². The fourth-order valence-electron chi connectivity index (χ4n) is 2.67. The van der Waals surface area contributed by atoms with Crippen molar-refractivity contribution in [2.24, 2.45) is 11.1 Å². The van der Waals surface area contributed by atoms with E-state index in [1.54, 1.807) is 0 Å². The van der Waals surface area contributed by atoms with E-state index in [1.165, 1.54) is 0 Å². The molecule has 0 radical (unpaired) electrons. The van der Waals surface area contributed by atoms with Crippen molar-refractivity contribution in [1.82, 2.24) is 0 Å². The Labute approximate surface area is 118 Å². The number of rotatable bonds is 3. The second kappa shape index (κ2) is 5.18. The molecule has 1 heterocycles. The van der Waals surface area contributed by atoms with Gasteiger partial charge >= 0.3 is 5.97 Å². The molecule has 110 valence electrons.